The zero-order valence-corrected chi connectivity index (χ0v) is 8.50. The minimum absolute atomic E-state index is 0.289. The number of carbonyl (C=O) groups excluding carboxylic acids is 1. The van der Waals surface area contributed by atoms with Crippen molar-refractivity contribution in [1.29, 1.82) is 0 Å². The number of ether oxygens (including phenoxy) is 1. The van der Waals surface area contributed by atoms with E-state index in [1.54, 1.807) is 0 Å². The Kier molecular flexibility index (Phi) is 3.14. The smallest absolute Gasteiger partial charge is 0.323 e. The molecule has 1 aromatic carbocycles. The van der Waals surface area contributed by atoms with Gasteiger partial charge in [0.25, 0.3) is 0 Å². The quantitative estimate of drug-likeness (QED) is 0.792. The van der Waals surface area contributed by atoms with Gasteiger partial charge in [-0.25, -0.2) is 8.78 Å². The molecule has 1 aromatic rings. The molecule has 0 spiro atoms. The topological polar surface area (TPSA) is 38.3 Å². The van der Waals surface area contributed by atoms with E-state index in [-0.39, 0.29) is 12.0 Å². The average molecular weight is 227 g/mol. The van der Waals surface area contributed by atoms with Crippen LogP contribution in [0.5, 0.6) is 0 Å². The maximum absolute atomic E-state index is 12.9. The summed E-state index contributed by atoms with van der Waals surface area (Å²) in [5.41, 5.74) is 0.596. The largest absolute Gasteiger partial charge is 0.464 e. The van der Waals surface area contributed by atoms with Crippen molar-refractivity contribution in [1.82, 2.24) is 5.32 Å². The molecule has 1 aliphatic heterocycles. The van der Waals surface area contributed by atoms with Gasteiger partial charge in [-0.2, -0.15) is 0 Å². The van der Waals surface area contributed by atoms with Crippen LogP contribution in [-0.4, -0.2) is 18.6 Å². The molecule has 0 aromatic heterocycles. The Morgan fingerprint density at radius 2 is 2.19 bits per heavy atom. The van der Waals surface area contributed by atoms with Gasteiger partial charge in [0.15, 0.2) is 11.6 Å². The van der Waals surface area contributed by atoms with E-state index in [4.69, 9.17) is 4.74 Å². The Labute approximate surface area is 91.4 Å². The summed E-state index contributed by atoms with van der Waals surface area (Å²) >= 11 is 0. The van der Waals surface area contributed by atoms with Crippen LogP contribution >= 0.6 is 0 Å². The molecule has 1 saturated heterocycles. The van der Waals surface area contributed by atoms with Gasteiger partial charge >= 0.3 is 5.97 Å². The fraction of sp³-hybridized carbons (Fsp3) is 0.364. The second-order valence-electron chi connectivity index (χ2n) is 3.64. The molecule has 3 nitrogen and oxygen atoms in total. The molecular formula is C11H11F2NO2. The van der Waals surface area contributed by atoms with Gasteiger partial charge in [-0.3, -0.25) is 4.79 Å². The first-order chi connectivity index (χ1) is 7.66. The predicted octanol–water partition coefficient (Wildman–Crippen LogP) is 1.37. The van der Waals surface area contributed by atoms with E-state index in [1.807, 2.05) is 0 Å². The summed E-state index contributed by atoms with van der Waals surface area (Å²) in [5, 5.41) is 2.93. The zero-order chi connectivity index (χ0) is 11.5. The molecule has 2 rings (SSSR count). The molecule has 1 N–H and O–H groups in total. The van der Waals surface area contributed by atoms with Gasteiger partial charge in [0.1, 0.15) is 6.04 Å². The van der Waals surface area contributed by atoms with Crippen LogP contribution in [0.25, 0.3) is 0 Å². The van der Waals surface area contributed by atoms with Gasteiger partial charge in [-0.1, -0.05) is 6.07 Å². The molecular weight excluding hydrogens is 216 g/mol. The standard InChI is InChI=1S/C11H11F2NO2/c12-8-2-1-7(5-9(8)13)6-14-10-3-4-16-11(10)15/h1-2,5,10,14H,3-4,6H2. The highest BCUT2D eigenvalue weighted by Crippen LogP contribution is 2.10. The van der Waals surface area contributed by atoms with Crippen LogP contribution in [-0.2, 0) is 16.1 Å². The first-order valence-corrected chi connectivity index (χ1v) is 5.01. The van der Waals surface area contributed by atoms with Gasteiger partial charge in [0, 0.05) is 13.0 Å². The Hall–Kier alpha value is -1.49. The molecule has 0 aliphatic carbocycles. The number of benzene rings is 1. The van der Waals surface area contributed by atoms with Crippen LogP contribution in [0.4, 0.5) is 8.78 Å². The van der Waals surface area contributed by atoms with Gasteiger partial charge < -0.3 is 10.1 Å². The average Bonchev–Trinajstić information content (AvgIpc) is 2.66. The van der Waals surface area contributed by atoms with E-state index >= 15 is 0 Å². The van der Waals surface area contributed by atoms with E-state index in [0.29, 0.717) is 25.1 Å². The van der Waals surface area contributed by atoms with Crippen LogP contribution in [0.15, 0.2) is 18.2 Å². The third-order valence-electron chi connectivity index (χ3n) is 2.47. The Morgan fingerprint density at radius 1 is 1.38 bits per heavy atom. The second-order valence-corrected chi connectivity index (χ2v) is 3.64. The number of nitrogens with one attached hydrogen (secondary N) is 1. The number of halogens is 2. The molecule has 0 radical (unpaired) electrons. The van der Waals surface area contributed by atoms with Crippen LogP contribution in [0, 0.1) is 11.6 Å². The van der Waals surface area contributed by atoms with Gasteiger partial charge in [0.2, 0.25) is 0 Å². The van der Waals surface area contributed by atoms with Gasteiger partial charge in [0.05, 0.1) is 6.61 Å². The first-order valence-electron chi connectivity index (χ1n) is 5.01. The van der Waals surface area contributed by atoms with Crippen LogP contribution in [0.2, 0.25) is 0 Å². The molecule has 1 aliphatic rings. The van der Waals surface area contributed by atoms with Gasteiger partial charge in [-0.15, -0.1) is 0 Å². The summed E-state index contributed by atoms with van der Waals surface area (Å²) in [4.78, 5) is 11.1. The van der Waals surface area contributed by atoms with E-state index in [0.717, 1.165) is 12.1 Å². The maximum Gasteiger partial charge on any atom is 0.323 e. The SMILES string of the molecule is O=C1OCCC1NCc1ccc(F)c(F)c1. The van der Waals surface area contributed by atoms with Crippen molar-refractivity contribution < 1.29 is 18.3 Å². The number of rotatable bonds is 3. The van der Waals surface area contributed by atoms with Crippen LogP contribution in [0.1, 0.15) is 12.0 Å². The highest BCUT2D eigenvalue weighted by atomic mass is 19.2. The van der Waals surface area contributed by atoms with Crippen molar-refractivity contribution in [3.05, 3.63) is 35.4 Å². The summed E-state index contributed by atoms with van der Waals surface area (Å²) < 4.78 is 30.3. The normalized spacial score (nSPS) is 19.9. The summed E-state index contributed by atoms with van der Waals surface area (Å²) in [6.45, 7) is 0.727. The molecule has 1 fully saturated rings. The van der Waals surface area contributed by atoms with E-state index in [1.165, 1.54) is 6.07 Å². The third-order valence-corrected chi connectivity index (χ3v) is 2.47. The molecule has 0 bridgehead atoms. The molecule has 86 valence electrons. The fourth-order valence-corrected chi connectivity index (χ4v) is 1.57. The minimum Gasteiger partial charge on any atom is -0.464 e. The highest BCUT2D eigenvalue weighted by Gasteiger charge is 2.25. The highest BCUT2D eigenvalue weighted by molar-refractivity contribution is 5.77. The predicted molar refractivity (Wildman–Crippen MR) is 52.6 cm³/mol. The number of esters is 1. The lowest BCUT2D eigenvalue weighted by molar-refractivity contribution is -0.139. The van der Waals surface area contributed by atoms with Crippen LogP contribution < -0.4 is 5.32 Å². The molecule has 1 atom stereocenters. The lowest BCUT2D eigenvalue weighted by Crippen LogP contribution is -2.32. The fourth-order valence-electron chi connectivity index (χ4n) is 1.57. The summed E-state index contributed by atoms with van der Waals surface area (Å²) in [6, 6.07) is 3.32. The second kappa shape index (κ2) is 4.57. The van der Waals surface area contributed by atoms with Crippen LogP contribution in [0.3, 0.4) is 0 Å². The van der Waals surface area contributed by atoms with Gasteiger partial charge in [-0.05, 0) is 17.7 Å². The molecule has 0 amide bonds. The van der Waals surface area contributed by atoms with E-state index in [2.05, 4.69) is 5.32 Å². The van der Waals surface area contributed by atoms with E-state index in [9.17, 15) is 13.6 Å². The number of carbonyl (C=O) groups is 1. The summed E-state index contributed by atoms with van der Waals surface area (Å²) in [6.07, 6.45) is 0.614. The molecule has 1 unspecified atom stereocenters. The molecule has 16 heavy (non-hydrogen) atoms. The number of hydrogen-bond acceptors (Lipinski definition) is 3. The summed E-state index contributed by atoms with van der Waals surface area (Å²) in [5.74, 6) is -2.04. The Bertz CT molecular complexity index is 409. The molecule has 1 heterocycles. The van der Waals surface area contributed by atoms with Crippen molar-refractivity contribution in [3.8, 4) is 0 Å². The Balaban J connectivity index is 1.94. The van der Waals surface area contributed by atoms with Crippen molar-refractivity contribution in [2.24, 2.45) is 0 Å². The van der Waals surface area contributed by atoms with Crippen molar-refractivity contribution in [3.63, 3.8) is 0 Å². The summed E-state index contributed by atoms with van der Waals surface area (Å²) in [7, 11) is 0. The molecule has 0 saturated carbocycles. The Morgan fingerprint density at radius 3 is 2.81 bits per heavy atom. The number of hydrogen-bond donors (Lipinski definition) is 1. The first kappa shape index (κ1) is 11.0. The van der Waals surface area contributed by atoms with Crippen molar-refractivity contribution in [2.75, 3.05) is 6.61 Å². The number of cyclic esters (lactones) is 1. The lowest BCUT2D eigenvalue weighted by Gasteiger charge is -2.08. The maximum atomic E-state index is 12.9. The minimum atomic E-state index is -0.881. The van der Waals surface area contributed by atoms with Crippen molar-refractivity contribution >= 4 is 5.97 Å². The zero-order valence-electron chi connectivity index (χ0n) is 8.50. The van der Waals surface area contributed by atoms with E-state index < -0.39 is 11.6 Å². The monoisotopic (exact) mass is 227 g/mol. The molecule has 5 heteroatoms. The van der Waals surface area contributed by atoms with Crippen molar-refractivity contribution in [2.45, 2.75) is 19.0 Å². The lowest BCUT2D eigenvalue weighted by atomic mass is 10.2. The third kappa shape index (κ3) is 2.36.